The second-order valence-electron chi connectivity index (χ2n) is 6.76. The summed E-state index contributed by atoms with van der Waals surface area (Å²) in [5.74, 6) is 1.49. The van der Waals surface area contributed by atoms with E-state index < -0.39 is 5.92 Å². The van der Waals surface area contributed by atoms with Crippen molar-refractivity contribution in [2.24, 2.45) is 5.73 Å². The number of hydrogen-bond donors (Lipinski definition) is 1. The monoisotopic (exact) mass is 462 g/mol. The van der Waals surface area contributed by atoms with E-state index in [2.05, 4.69) is 28.6 Å². The summed E-state index contributed by atoms with van der Waals surface area (Å²) in [7, 11) is 1.58. The van der Waals surface area contributed by atoms with Gasteiger partial charge in [-0.1, -0.05) is 49.1 Å². The normalized spacial score (nSPS) is 15.2. The Balaban J connectivity index is 1.94. The zero-order chi connectivity index (χ0) is 21.3. The minimum absolute atomic E-state index is 0.105. The minimum Gasteiger partial charge on any atom is -0.493 e. The molecule has 150 valence electrons. The molecule has 0 saturated carbocycles. The fourth-order valence-corrected chi connectivity index (χ4v) is 4.29. The molecule has 0 amide bonds. The van der Waals surface area contributed by atoms with Gasteiger partial charge in [0.25, 0.3) is 0 Å². The third kappa shape index (κ3) is 3.27. The highest BCUT2D eigenvalue weighted by Gasteiger charge is 2.32. The lowest BCUT2D eigenvalue weighted by molar-refractivity contribution is 0.324. The summed E-state index contributed by atoms with van der Waals surface area (Å²) >= 11 is 3.57. The minimum atomic E-state index is -0.401. The summed E-state index contributed by atoms with van der Waals surface area (Å²) in [6, 6.07) is 17.9. The molecule has 4 rings (SSSR count). The maximum atomic E-state index is 9.85. The van der Waals surface area contributed by atoms with Crippen LogP contribution in [0.15, 0.2) is 77.1 Å². The van der Waals surface area contributed by atoms with Crippen LogP contribution in [-0.4, -0.2) is 13.7 Å². The molecule has 1 aliphatic rings. The van der Waals surface area contributed by atoms with Crippen molar-refractivity contribution in [1.82, 2.24) is 0 Å². The van der Waals surface area contributed by atoms with Gasteiger partial charge in [-0.25, -0.2) is 0 Å². The van der Waals surface area contributed by atoms with Gasteiger partial charge in [0.05, 0.1) is 17.5 Å². The average molecular weight is 463 g/mol. The number of ether oxygens (including phenoxy) is 3. The van der Waals surface area contributed by atoms with E-state index in [1.54, 1.807) is 13.2 Å². The molecule has 1 aliphatic heterocycles. The zero-order valence-corrected chi connectivity index (χ0v) is 17.9. The molecule has 0 radical (unpaired) electrons. The molecule has 3 aromatic carbocycles. The topological polar surface area (TPSA) is 77.5 Å². The molecule has 3 aromatic rings. The predicted molar refractivity (Wildman–Crippen MR) is 120 cm³/mol. The molecule has 2 N–H and O–H groups in total. The van der Waals surface area contributed by atoms with Gasteiger partial charge in [0.15, 0.2) is 11.5 Å². The van der Waals surface area contributed by atoms with E-state index in [-0.39, 0.29) is 5.88 Å². The van der Waals surface area contributed by atoms with E-state index in [1.165, 1.54) is 0 Å². The van der Waals surface area contributed by atoms with Crippen molar-refractivity contribution in [3.05, 3.63) is 88.2 Å². The van der Waals surface area contributed by atoms with Gasteiger partial charge < -0.3 is 19.9 Å². The Bertz CT molecular complexity index is 1230. The molecule has 30 heavy (non-hydrogen) atoms. The number of nitriles is 1. The van der Waals surface area contributed by atoms with Gasteiger partial charge >= 0.3 is 0 Å². The van der Waals surface area contributed by atoms with Gasteiger partial charge in [0, 0.05) is 10.9 Å². The Kier molecular flexibility index (Phi) is 5.39. The molecule has 5 nitrogen and oxygen atoms in total. The highest BCUT2D eigenvalue weighted by molar-refractivity contribution is 9.10. The van der Waals surface area contributed by atoms with Crippen molar-refractivity contribution in [2.45, 2.75) is 5.92 Å². The summed E-state index contributed by atoms with van der Waals surface area (Å²) in [5, 5.41) is 11.8. The summed E-state index contributed by atoms with van der Waals surface area (Å²) < 4.78 is 17.9. The number of rotatable bonds is 5. The third-order valence-corrected chi connectivity index (χ3v) is 5.63. The lowest BCUT2D eigenvalue weighted by Gasteiger charge is -2.28. The highest BCUT2D eigenvalue weighted by Crippen LogP contribution is 2.48. The van der Waals surface area contributed by atoms with E-state index in [0.717, 1.165) is 21.9 Å². The van der Waals surface area contributed by atoms with Crippen LogP contribution in [0.4, 0.5) is 0 Å². The van der Waals surface area contributed by atoms with Crippen molar-refractivity contribution in [1.29, 1.82) is 5.26 Å². The molecule has 1 unspecified atom stereocenters. The summed E-state index contributed by atoms with van der Waals surface area (Å²) in [6.45, 7) is 4.02. The van der Waals surface area contributed by atoms with Gasteiger partial charge in [-0.15, -0.1) is 0 Å². The molecule has 0 aromatic heterocycles. The fourth-order valence-electron chi connectivity index (χ4n) is 3.72. The predicted octanol–water partition coefficient (Wildman–Crippen LogP) is 5.39. The second kappa shape index (κ2) is 8.13. The number of allylic oxidation sites excluding steroid dienone is 1. The second-order valence-corrected chi connectivity index (χ2v) is 7.62. The largest absolute Gasteiger partial charge is 0.493 e. The van der Waals surface area contributed by atoms with Crippen molar-refractivity contribution >= 4 is 26.7 Å². The average Bonchev–Trinajstić information content (AvgIpc) is 2.76. The van der Waals surface area contributed by atoms with Gasteiger partial charge in [-0.05, 0) is 39.0 Å². The Hall–Kier alpha value is -3.43. The smallest absolute Gasteiger partial charge is 0.205 e. The number of benzene rings is 3. The Morgan fingerprint density at radius 2 is 2.07 bits per heavy atom. The van der Waals surface area contributed by atoms with Gasteiger partial charge in [0.2, 0.25) is 5.88 Å². The van der Waals surface area contributed by atoms with Crippen LogP contribution in [0, 0.1) is 11.3 Å². The van der Waals surface area contributed by atoms with E-state index >= 15 is 0 Å². The molecule has 0 spiro atoms. The van der Waals surface area contributed by atoms with Crippen molar-refractivity contribution in [2.75, 3.05) is 13.7 Å². The number of nitrogens with two attached hydrogens (primary N) is 1. The number of halogens is 1. The van der Waals surface area contributed by atoms with Crippen molar-refractivity contribution in [3.63, 3.8) is 0 Å². The lowest BCUT2D eigenvalue weighted by atomic mass is 9.82. The van der Waals surface area contributed by atoms with Crippen LogP contribution in [0.5, 0.6) is 17.2 Å². The van der Waals surface area contributed by atoms with E-state index in [0.29, 0.717) is 33.9 Å². The van der Waals surface area contributed by atoms with Crippen LogP contribution >= 0.6 is 15.9 Å². The molecular weight excluding hydrogens is 444 g/mol. The highest BCUT2D eigenvalue weighted by atomic mass is 79.9. The van der Waals surface area contributed by atoms with Gasteiger partial charge in [0.1, 0.15) is 24.0 Å². The maximum Gasteiger partial charge on any atom is 0.205 e. The number of fused-ring (bicyclic) bond motifs is 3. The molecule has 6 heteroatoms. The number of nitrogens with zero attached hydrogens (tertiary/aromatic N) is 1. The number of hydrogen-bond acceptors (Lipinski definition) is 5. The number of methoxy groups -OCH3 is 1. The quantitative estimate of drug-likeness (QED) is 0.513. The van der Waals surface area contributed by atoms with E-state index in [4.69, 9.17) is 19.9 Å². The molecule has 0 fully saturated rings. The standard InChI is InChI=1S/C24H19BrN2O3/c1-3-10-29-23-19(25)11-15(12-20(23)28-2)21-17-9-8-14-6-4-5-7-16(14)22(17)30-24(27)18(21)13-26/h3-9,11-12,21H,1,10,27H2,2H3. The molecule has 0 bridgehead atoms. The van der Waals surface area contributed by atoms with Gasteiger partial charge in [-0.3, -0.25) is 0 Å². The first-order chi connectivity index (χ1) is 14.6. The Labute approximate surface area is 183 Å². The molecule has 1 atom stereocenters. The van der Waals surface area contributed by atoms with Crippen molar-refractivity contribution in [3.8, 4) is 23.3 Å². The van der Waals surface area contributed by atoms with E-state index in [1.807, 2.05) is 48.5 Å². The van der Waals surface area contributed by atoms with Crippen LogP contribution in [-0.2, 0) is 0 Å². The molecule has 1 heterocycles. The summed E-state index contributed by atoms with van der Waals surface area (Å²) in [5.41, 5.74) is 8.24. The molecule has 0 saturated heterocycles. The lowest BCUT2D eigenvalue weighted by Crippen LogP contribution is -2.21. The third-order valence-electron chi connectivity index (χ3n) is 5.04. The summed E-state index contributed by atoms with van der Waals surface area (Å²) in [6.07, 6.45) is 1.66. The van der Waals surface area contributed by atoms with Gasteiger partial charge in [-0.2, -0.15) is 5.26 Å². The molecule has 0 aliphatic carbocycles. The van der Waals surface area contributed by atoms with E-state index in [9.17, 15) is 5.26 Å². The first-order valence-corrected chi connectivity index (χ1v) is 10.1. The van der Waals surface area contributed by atoms with Crippen LogP contribution < -0.4 is 19.9 Å². The Morgan fingerprint density at radius 3 is 2.80 bits per heavy atom. The first kappa shape index (κ1) is 19.9. The van der Waals surface area contributed by atoms with Crippen molar-refractivity contribution < 1.29 is 14.2 Å². The molecular formula is C24H19BrN2O3. The summed E-state index contributed by atoms with van der Waals surface area (Å²) in [4.78, 5) is 0. The zero-order valence-electron chi connectivity index (χ0n) is 16.3. The Morgan fingerprint density at radius 1 is 1.27 bits per heavy atom. The van der Waals surface area contributed by atoms with Crippen LogP contribution in [0.1, 0.15) is 17.0 Å². The maximum absolute atomic E-state index is 9.85. The first-order valence-electron chi connectivity index (χ1n) is 9.29. The fraction of sp³-hybridized carbons (Fsp3) is 0.125. The SMILES string of the molecule is C=CCOc1c(Br)cc(C2C(C#N)=C(N)Oc3c2ccc2ccccc32)cc1OC. The van der Waals surface area contributed by atoms with Crippen LogP contribution in [0.2, 0.25) is 0 Å². The van der Waals surface area contributed by atoms with Crippen LogP contribution in [0.3, 0.4) is 0 Å². The van der Waals surface area contributed by atoms with Crippen LogP contribution in [0.25, 0.3) is 10.8 Å².